The normalized spacial score (nSPS) is 24.7. The van der Waals surface area contributed by atoms with Crippen molar-refractivity contribution in [2.24, 2.45) is 0 Å². The number of alkyl halides is 1. The lowest BCUT2D eigenvalue weighted by Gasteiger charge is -2.18. The van der Waals surface area contributed by atoms with Crippen molar-refractivity contribution in [2.75, 3.05) is 12.3 Å². The lowest BCUT2D eigenvalue weighted by atomic mass is 10.1. The molecule has 28 heavy (non-hydrogen) atoms. The van der Waals surface area contributed by atoms with E-state index in [1.54, 1.807) is 0 Å². The Balaban J connectivity index is 1.79. The van der Waals surface area contributed by atoms with E-state index in [4.69, 9.17) is 15.2 Å². The summed E-state index contributed by atoms with van der Waals surface area (Å²) in [6.07, 6.45) is -6.01. The Morgan fingerprint density at radius 2 is 2.07 bits per heavy atom. The van der Waals surface area contributed by atoms with Gasteiger partial charge in [0.05, 0.1) is 6.61 Å². The number of aromatic nitrogens is 4. The van der Waals surface area contributed by atoms with Crippen molar-refractivity contribution < 1.29 is 24.1 Å². The standard InChI is InChI=1S/C17H18FN5O5/c18-10-9(6-24)28-15(12(10)25)23-13-11(14(26)22-16(19)21-13)20-17(23)27-7-8-4-2-1-3-5-8/h1-5,9-10,12,15,24-25H,6-7H2,(H3,19,21,22,26)/t9-,10-,12+,15+/m0/s1. The molecule has 11 heteroatoms. The van der Waals surface area contributed by atoms with E-state index in [0.717, 1.165) is 5.56 Å². The number of aliphatic hydroxyl groups is 2. The number of rotatable bonds is 5. The summed E-state index contributed by atoms with van der Waals surface area (Å²) in [6, 6.07) is 9.07. The van der Waals surface area contributed by atoms with Crippen molar-refractivity contribution in [3.05, 3.63) is 46.2 Å². The third-order valence-electron chi connectivity index (χ3n) is 4.47. The molecule has 1 aliphatic heterocycles. The lowest BCUT2D eigenvalue weighted by molar-refractivity contribution is -0.0532. The SMILES string of the molecule is Nc1nc2c(nc(OCc3ccccc3)n2[C@@H]2O[C@@H](CO)[C@H](F)[C@H]2O)c(=O)[nH]1. The van der Waals surface area contributed by atoms with Gasteiger partial charge >= 0.3 is 6.01 Å². The molecule has 10 nitrogen and oxygen atoms in total. The molecule has 2 aromatic heterocycles. The second kappa shape index (κ2) is 7.19. The monoisotopic (exact) mass is 391 g/mol. The van der Waals surface area contributed by atoms with E-state index >= 15 is 0 Å². The summed E-state index contributed by atoms with van der Waals surface area (Å²) >= 11 is 0. The second-order valence-electron chi connectivity index (χ2n) is 6.34. The minimum atomic E-state index is -1.84. The van der Waals surface area contributed by atoms with Crippen molar-refractivity contribution in [3.63, 3.8) is 0 Å². The fourth-order valence-corrected chi connectivity index (χ4v) is 3.10. The summed E-state index contributed by atoms with van der Waals surface area (Å²) in [6.45, 7) is -0.527. The van der Waals surface area contributed by atoms with Crippen LogP contribution in [0.15, 0.2) is 35.1 Å². The zero-order chi connectivity index (χ0) is 19.8. The Hall–Kier alpha value is -3.02. The average Bonchev–Trinajstić information content (AvgIpc) is 3.18. The van der Waals surface area contributed by atoms with E-state index in [1.807, 2.05) is 30.3 Å². The van der Waals surface area contributed by atoms with Gasteiger partial charge in [0.2, 0.25) is 5.95 Å². The summed E-state index contributed by atoms with van der Waals surface area (Å²) in [4.78, 5) is 22.7. The molecule has 5 N–H and O–H groups in total. The van der Waals surface area contributed by atoms with Crippen LogP contribution >= 0.6 is 0 Å². The van der Waals surface area contributed by atoms with E-state index in [0.29, 0.717) is 0 Å². The van der Waals surface area contributed by atoms with Crippen molar-refractivity contribution in [2.45, 2.75) is 31.2 Å². The zero-order valence-corrected chi connectivity index (χ0v) is 14.5. The van der Waals surface area contributed by atoms with Gasteiger partial charge in [-0.2, -0.15) is 9.97 Å². The van der Waals surface area contributed by atoms with E-state index in [-0.39, 0.29) is 29.7 Å². The molecule has 3 aromatic rings. The highest BCUT2D eigenvalue weighted by Crippen LogP contribution is 2.36. The van der Waals surface area contributed by atoms with Crippen molar-refractivity contribution in [1.82, 2.24) is 19.5 Å². The van der Waals surface area contributed by atoms with Crippen LogP contribution in [0.25, 0.3) is 11.2 Å². The van der Waals surface area contributed by atoms with Crippen LogP contribution in [0.3, 0.4) is 0 Å². The van der Waals surface area contributed by atoms with Crippen LogP contribution in [0.1, 0.15) is 11.8 Å². The molecule has 1 aliphatic rings. The maximum atomic E-state index is 14.2. The first-order chi connectivity index (χ1) is 13.5. The quantitative estimate of drug-likeness (QED) is 0.470. The minimum Gasteiger partial charge on any atom is -0.460 e. The largest absolute Gasteiger partial charge is 0.460 e. The number of anilines is 1. The average molecular weight is 391 g/mol. The number of halogens is 1. The first kappa shape index (κ1) is 18.3. The fourth-order valence-electron chi connectivity index (χ4n) is 3.10. The molecule has 0 aliphatic carbocycles. The maximum Gasteiger partial charge on any atom is 0.301 e. The lowest BCUT2D eigenvalue weighted by Crippen LogP contribution is -2.29. The maximum absolute atomic E-state index is 14.2. The van der Waals surface area contributed by atoms with Crippen molar-refractivity contribution in [3.8, 4) is 6.01 Å². The molecule has 148 valence electrons. The molecular formula is C17H18FN5O5. The molecule has 1 saturated heterocycles. The third kappa shape index (κ3) is 3.09. The molecule has 0 spiro atoms. The Labute approximate surface area is 157 Å². The van der Waals surface area contributed by atoms with E-state index < -0.39 is 36.8 Å². The number of nitrogens with one attached hydrogen (secondary N) is 1. The second-order valence-corrected chi connectivity index (χ2v) is 6.34. The van der Waals surface area contributed by atoms with E-state index in [2.05, 4.69) is 15.0 Å². The number of nitrogens with two attached hydrogens (primary N) is 1. The number of aromatic amines is 1. The van der Waals surface area contributed by atoms with Crippen molar-refractivity contribution >= 4 is 17.1 Å². The van der Waals surface area contributed by atoms with Gasteiger partial charge in [0.1, 0.15) is 18.8 Å². The Kier molecular flexibility index (Phi) is 4.71. The number of hydrogen-bond donors (Lipinski definition) is 4. The number of ether oxygens (including phenoxy) is 2. The van der Waals surface area contributed by atoms with Gasteiger partial charge in [-0.15, -0.1) is 0 Å². The predicted molar refractivity (Wildman–Crippen MR) is 95.2 cm³/mol. The number of fused-ring (bicyclic) bond motifs is 1. The number of benzene rings is 1. The van der Waals surface area contributed by atoms with Crippen LogP contribution < -0.4 is 16.0 Å². The summed E-state index contributed by atoms with van der Waals surface area (Å²) in [5, 5.41) is 19.5. The van der Waals surface area contributed by atoms with Gasteiger partial charge in [-0.1, -0.05) is 30.3 Å². The van der Waals surface area contributed by atoms with E-state index in [9.17, 15) is 19.4 Å². The molecule has 0 unspecified atom stereocenters. The van der Waals surface area contributed by atoms with E-state index in [1.165, 1.54) is 4.57 Å². The number of imidazole rings is 1. The number of hydrogen-bond acceptors (Lipinski definition) is 8. The van der Waals surface area contributed by atoms with Gasteiger partial charge in [0.25, 0.3) is 5.56 Å². The molecule has 0 amide bonds. The van der Waals surface area contributed by atoms with Gasteiger partial charge in [-0.25, -0.2) is 8.96 Å². The smallest absolute Gasteiger partial charge is 0.301 e. The van der Waals surface area contributed by atoms with Crippen LogP contribution in [-0.2, 0) is 11.3 Å². The molecule has 4 atom stereocenters. The summed E-state index contributed by atoms with van der Waals surface area (Å²) in [5.74, 6) is -0.184. The number of H-pyrrole nitrogens is 1. The molecule has 0 bridgehead atoms. The molecule has 1 fully saturated rings. The number of nitrogens with zero attached hydrogens (tertiary/aromatic N) is 3. The highest BCUT2D eigenvalue weighted by atomic mass is 19.1. The molecular weight excluding hydrogens is 373 g/mol. The first-order valence-corrected chi connectivity index (χ1v) is 8.52. The molecule has 1 aromatic carbocycles. The Bertz CT molecular complexity index is 1040. The van der Waals surface area contributed by atoms with Crippen LogP contribution in [-0.4, -0.2) is 54.7 Å². The zero-order valence-electron chi connectivity index (χ0n) is 14.5. The number of nitrogen functional groups attached to an aromatic ring is 1. The van der Waals surface area contributed by atoms with Gasteiger partial charge in [-0.05, 0) is 5.56 Å². The predicted octanol–water partition coefficient (Wildman–Crippen LogP) is -0.131. The summed E-state index contributed by atoms with van der Waals surface area (Å²) in [5.41, 5.74) is 5.70. The van der Waals surface area contributed by atoms with Gasteiger partial charge in [-0.3, -0.25) is 9.78 Å². The van der Waals surface area contributed by atoms with Crippen molar-refractivity contribution in [1.29, 1.82) is 0 Å². The van der Waals surface area contributed by atoms with Crippen LogP contribution in [0.4, 0.5) is 10.3 Å². The Morgan fingerprint density at radius 3 is 2.75 bits per heavy atom. The minimum absolute atomic E-state index is 0.0286. The van der Waals surface area contributed by atoms with Crippen LogP contribution in [0.5, 0.6) is 6.01 Å². The fraction of sp³-hybridized carbons (Fsp3) is 0.353. The molecule has 4 rings (SSSR count). The van der Waals surface area contributed by atoms with Crippen LogP contribution in [0, 0.1) is 0 Å². The topological polar surface area (TPSA) is 149 Å². The summed E-state index contributed by atoms with van der Waals surface area (Å²) in [7, 11) is 0. The van der Waals surface area contributed by atoms with Gasteiger partial charge in [0, 0.05) is 0 Å². The molecule has 0 saturated carbocycles. The van der Waals surface area contributed by atoms with Gasteiger partial charge < -0.3 is 25.4 Å². The summed E-state index contributed by atoms with van der Waals surface area (Å²) < 4.78 is 26.6. The number of aliphatic hydroxyl groups excluding tert-OH is 2. The molecule has 3 heterocycles. The highest BCUT2D eigenvalue weighted by Gasteiger charge is 2.46. The van der Waals surface area contributed by atoms with Gasteiger partial charge in [0.15, 0.2) is 23.6 Å². The highest BCUT2D eigenvalue weighted by molar-refractivity contribution is 5.72. The third-order valence-corrected chi connectivity index (χ3v) is 4.47. The first-order valence-electron chi connectivity index (χ1n) is 8.52. The Morgan fingerprint density at radius 1 is 1.32 bits per heavy atom. The van der Waals surface area contributed by atoms with Crippen LogP contribution in [0.2, 0.25) is 0 Å². The molecule has 0 radical (unpaired) electrons.